The van der Waals surface area contributed by atoms with Gasteiger partial charge < -0.3 is 23.8 Å². The lowest BCUT2D eigenvalue weighted by molar-refractivity contribution is -0.150. The third kappa shape index (κ3) is 4.03. The van der Waals surface area contributed by atoms with Gasteiger partial charge in [-0.05, 0) is 49.7 Å². The van der Waals surface area contributed by atoms with Crippen molar-refractivity contribution in [3.05, 3.63) is 17.7 Å². The summed E-state index contributed by atoms with van der Waals surface area (Å²) in [5, 5.41) is 0. The third-order valence-corrected chi connectivity index (χ3v) is 8.09. The van der Waals surface area contributed by atoms with Gasteiger partial charge in [0.1, 0.15) is 6.10 Å². The highest BCUT2D eigenvalue weighted by molar-refractivity contribution is 5.91. The molecule has 2 bridgehead atoms. The maximum atomic E-state index is 13.0. The normalized spacial score (nSPS) is 31.3. The number of benzene rings is 1. The van der Waals surface area contributed by atoms with E-state index in [9.17, 15) is 9.59 Å². The molecule has 4 aliphatic rings. The van der Waals surface area contributed by atoms with E-state index < -0.39 is 0 Å². The minimum absolute atomic E-state index is 0.135. The van der Waals surface area contributed by atoms with E-state index in [1.165, 1.54) is 27.8 Å². The smallest absolute Gasteiger partial charge is 0.338 e. The largest absolute Gasteiger partial charge is 0.493 e. The molecule has 180 valence electrons. The Kier molecular flexibility index (Phi) is 6.12. The predicted octanol–water partition coefficient (Wildman–Crippen LogP) is 2.73. The number of carbonyl (C=O) groups excluding carboxylic acids is 2. The second-order valence-electron chi connectivity index (χ2n) is 9.79. The minimum Gasteiger partial charge on any atom is -0.493 e. The maximum Gasteiger partial charge on any atom is 0.338 e. The van der Waals surface area contributed by atoms with Crippen molar-refractivity contribution in [2.75, 3.05) is 41.0 Å². The number of methoxy groups -OCH3 is 3. The van der Waals surface area contributed by atoms with Gasteiger partial charge in [-0.15, -0.1) is 0 Å². The van der Waals surface area contributed by atoms with Crippen molar-refractivity contribution in [3.63, 3.8) is 0 Å². The molecule has 0 unspecified atom stereocenters. The highest BCUT2D eigenvalue weighted by Gasteiger charge is 2.49. The van der Waals surface area contributed by atoms with Crippen molar-refractivity contribution in [1.82, 2.24) is 9.80 Å². The molecule has 0 N–H and O–H groups in total. The zero-order valence-electron chi connectivity index (χ0n) is 19.7. The molecule has 1 aromatic carbocycles. The lowest BCUT2D eigenvalue weighted by atomic mass is 9.70. The first kappa shape index (κ1) is 22.3. The van der Waals surface area contributed by atoms with Crippen LogP contribution in [0.15, 0.2) is 12.1 Å². The van der Waals surface area contributed by atoms with Crippen molar-refractivity contribution in [2.45, 2.75) is 56.7 Å². The highest BCUT2D eigenvalue weighted by atomic mass is 16.5. The fourth-order valence-electron chi connectivity index (χ4n) is 6.58. The molecule has 1 aromatic rings. The Morgan fingerprint density at radius 1 is 0.939 bits per heavy atom. The van der Waals surface area contributed by atoms with E-state index in [0.29, 0.717) is 59.1 Å². The van der Waals surface area contributed by atoms with Crippen molar-refractivity contribution >= 4 is 11.9 Å². The summed E-state index contributed by atoms with van der Waals surface area (Å²) in [5.74, 6) is 2.31. The Balaban J connectivity index is 1.28. The van der Waals surface area contributed by atoms with E-state index in [4.69, 9.17) is 18.9 Å². The number of rotatable bonds is 5. The van der Waals surface area contributed by atoms with Gasteiger partial charge in [-0.1, -0.05) is 0 Å². The molecular weight excluding hydrogens is 424 g/mol. The Labute approximate surface area is 195 Å². The second kappa shape index (κ2) is 9.05. The van der Waals surface area contributed by atoms with E-state index in [1.54, 1.807) is 12.1 Å². The lowest BCUT2D eigenvalue weighted by Crippen LogP contribution is -2.65. The summed E-state index contributed by atoms with van der Waals surface area (Å²) < 4.78 is 22.1. The fourth-order valence-corrected chi connectivity index (χ4v) is 6.58. The number of esters is 1. The second-order valence-corrected chi connectivity index (χ2v) is 9.79. The summed E-state index contributed by atoms with van der Waals surface area (Å²) in [6.07, 6.45) is 5.58. The third-order valence-electron chi connectivity index (χ3n) is 8.09. The number of fused-ring (bicyclic) bond motifs is 6. The summed E-state index contributed by atoms with van der Waals surface area (Å²) in [6.45, 7) is 2.85. The van der Waals surface area contributed by atoms with Crippen LogP contribution in [-0.4, -0.2) is 80.8 Å². The number of amides is 1. The first-order valence-electron chi connectivity index (χ1n) is 12.1. The SMILES string of the molecule is COc1cc(C(=O)O[C@H]2CCN3C[C@@H]4C[C@@H](CN5C(=O)CCC[C@@H]45)[C@@H]3C2)cc(OC)c1OC. The van der Waals surface area contributed by atoms with Crippen molar-refractivity contribution < 1.29 is 28.5 Å². The summed E-state index contributed by atoms with van der Waals surface area (Å²) >= 11 is 0. The number of carbonyl (C=O) groups is 2. The van der Waals surface area contributed by atoms with Crippen LogP contribution in [0.1, 0.15) is 48.9 Å². The van der Waals surface area contributed by atoms with Crippen LogP contribution in [0, 0.1) is 11.8 Å². The van der Waals surface area contributed by atoms with Crippen LogP contribution in [0.2, 0.25) is 0 Å². The first-order valence-corrected chi connectivity index (χ1v) is 12.1. The van der Waals surface area contributed by atoms with Gasteiger partial charge in [0.15, 0.2) is 11.5 Å². The lowest BCUT2D eigenvalue weighted by Gasteiger charge is -2.57. The van der Waals surface area contributed by atoms with Crippen molar-refractivity contribution in [3.8, 4) is 17.2 Å². The monoisotopic (exact) mass is 458 g/mol. The molecule has 0 aromatic heterocycles. The van der Waals surface area contributed by atoms with Crippen LogP contribution in [0.4, 0.5) is 0 Å². The minimum atomic E-state index is -0.378. The van der Waals surface area contributed by atoms with Gasteiger partial charge in [0.2, 0.25) is 11.7 Å². The molecule has 4 heterocycles. The van der Waals surface area contributed by atoms with Crippen molar-refractivity contribution in [1.29, 1.82) is 0 Å². The van der Waals surface area contributed by atoms with E-state index >= 15 is 0 Å². The van der Waals surface area contributed by atoms with Crippen molar-refractivity contribution in [2.24, 2.45) is 11.8 Å². The molecule has 4 saturated heterocycles. The van der Waals surface area contributed by atoms with E-state index in [0.717, 1.165) is 45.3 Å². The molecule has 8 heteroatoms. The van der Waals surface area contributed by atoms with Crippen LogP contribution in [0.5, 0.6) is 17.2 Å². The molecule has 33 heavy (non-hydrogen) atoms. The molecule has 0 aliphatic carbocycles. The number of hydrogen-bond donors (Lipinski definition) is 0. The van der Waals surface area contributed by atoms with Gasteiger partial charge in [0.05, 0.1) is 26.9 Å². The summed E-state index contributed by atoms with van der Waals surface area (Å²) in [7, 11) is 4.59. The summed E-state index contributed by atoms with van der Waals surface area (Å²) in [4.78, 5) is 30.3. The molecule has 0 spiro atoms. The molecular formula is C25H34N2O6. The van der Waals surface area contributed by atoms with Gasteiger partial charge in [-0.3, -0.25) is 9.69 Å². The topological polar surface area (TPSA) is 77.5 Å². The highest BCUT2D eigenvalue weighted by Crippen LogP contribution is 2.44. The predicted molar refractivity (Wildman–Crippen MR) is 121 cm³/mol. The number of piperidine rings is 4. The fraction of sp³-hybridized carbons (Fsp3) is 0.680. The molecule has 0 saturated carbocycles. The van der Waals surface area contributed by atoms with Gasteiger partial charge in [-0.25, -0.2) is 4.79 Å². The van der Waals surface area contributed by atoms with Gasteiger partial charge in [-0.2, -0.15) is 0 Å². The molecule has 4 fully saturated rings. The van der Waals surface area contributed by atoms with Gasteiger partial charge >= 0.3 is 5.97 Å². The Hall–Kier alpha value is -2.48. The van der Waals surface area contributed by atoms with Gasteiger partial charge in [0, 0.05) is 44.6 Å². The van der Waals surface area contributed by atoms with Crippen LogP contribution in [-0.2, 0) is 9.53 Å². The van der Waals surface area contributed by atoms with Crippen LogP contribution >= 0.6 is 0 Å². The van der Waals surface area contributed by atoms with E-state index in [-0.39, 0.29) is 12.1 Å². The van der Waals surface area contributed by atoms with Crippen LogP contribution in [0.25, 0.3) is 0 Å². The summed E-state index contributed by atoms with van der Waals surface area (Å²) in [5.41, 5.74) is 0.384. The van der Waals surface area contributed by atoms with Gasteiger partial charge in [0.25, 0.3) is 0 Å². The van der Waals surface area contributed by atoms with E-state index in [1.807, 2.05) is 0 Å². The number of hydrogen-bond acceptors (Lipinski definition) is 7. The quantitative estimate of drug-likeness (QED) is 0.628. The van der Waals surface area contributed by atoms with E-state index in [2.05, 4.69) is 9.80 Å². The Morgan fingerprint density at radius 3 is 2.36 bits per heavy atom. The first-order chi connectivity index (χ1) is 16.0. The molecule has 4 aliphatic heterocycles. The average molecular weight is 459 g/mol. The standard InChI is InChI=1S/C25H34N2O6/c1-30-21-10-15(11-22(31-2)24(21)32-3)25(29)33-18-7-8-26-13-16-9-17(20(26)12-18)14-27-19(16)5-4-6-23(27)28/h10-11,16-20H,4-9,12-14H2,1-3H3/t16-,17-,18-,19-,20-/m0/s1. The van der Waals surface area contributed by atoms with Crippen LogP contribution < -0.4 is 14.2 Å². The number of nitrogens with zero attached hydrogens (tertiary/aromatic N) is 2. The zero-order valence-corrected chi connectivity index (χ0v) is 19.7. The molecule has 8 nitrogen and oxygen atoms in total. The Morgan fingerprint density at radius 2 is 1.67 bits per heavy atom. The maximum absolute atomic E-state index is 13.0. The number of ether oxygens (including phenoxy) is 4. The molecule has 1 amide bonds. The molecule has 0 radical (unpaired) electrons. The Bertz CT molecular complexity index is 895. The molecule has 5 atom stereocenters. The zero-order chi connectivity index (χ0) is 23.1. The average Bonchev–Trinajstić information content (AvgIpc) is 2.84. The van der Waals surface area contributed by atoms with Crippen LogP contribution in [0.3, 0.4) is 0 Å². The molecule has 5 rings (SSSR count). The summed E-state index contributed by atoms with van der Waals surface area (Å²) in [6, 6.07) is 4.06.